The zero-order valence-corrected chi connectivity index (χ0v) is 22.8. The number of aromatic nitrogens is 6. The lowest BCUT2D eigenvalue weighted by Gasteiger charge is -2.27. The second kappa shape index (κ2) is 12.7. The normalized spacial score (nSPS) is 13.5. The first-order valence-corrected chi connectivity index (χ1v) is 12.8. The molecule has 0 aliphatic rings. The zero-order chi connectivity index (χ0) is 27.9. The predicted molar refractivity (Wildman–Crippen MR) is 140 cm³/mol. The molecule has 0 saturated carbocycles. The van der Waals surface area contributed by atoms with Gasteiger partial charge < -0.3 is 23.5 Å². The summed E-state index contributed by atoms with van der Waals surface area (Å²) in [6.45, 7) is 1.85. The molecule has 0 spiro atoms. The molecule has 0 aliphatic carbocycles. The second-order valence-electron chi connectivity index (χ2n) is 8.29. The molecule has 1 aromatic carbocycles. The summed E-state index contributed by atoms with van der Waals surface area (Å²) in [5.41, 5.74) is 1.82. The van der Waals surface area contributed by atoms with E-state index in [9.17, 15) is 8.76 Å². The summed E-state index contributed by atoms with van der Waals surface area (Å²) < 4.78 is 50.2. The van der Waals surface area contributed by atoms with E-state index in [1.54, 1.807) is 53.4 Å². The van der Waals surface area contributed by atoms with Gasteiger partial charge in [0.2, 0.25) is 5.88 Å². The number of hydrogen-bond acceptors (Lipinski definition) is 11. The van der Waals surface area contributed by atoms with Crippen LogP contribution in [0.4, 0.5) is 0 Å². The lowest BCUT2D eigenvalue weighted by atomic mass is 10.1. The van der Waals surface area contributed by atoms with E-state index in [1.807, 2.05) is 6.92 Å². The molecule has 4 rings (SSSR count). The van der Waals surface area contributed by atoms with Crippen LogP contribution in [-0.4, -0.2) is 73.0 Å². The summed E-state index contributed by atoms with van der Waals surface area (Å²) in [5.74, 6) is 2.36. The first-order valence-electron chi connectivity index (χ1n) is 11.7. The van der Waals surface area contributed by atoms with Gasteiger partial charge in [0.15, 0.2) is 11.6 Å². The molecule has 0 fully saturated rings. The molecule has 39 heavy (non-hydrogen) atoms. The van der Waals surface area contributed by atoms with Crippen molar-refractivity contribution in [3.63, 3.8) is 0 Å². The van der Waals surface area contributed by atoms with Crippen molar-refractivity contribution in [2.45, 2.75) is 25.5 Å². The number of ether oxygens (including phenoxy) is 4. The molecule has 4 aromatic rings. The molecule has 0 aliphatic heterocycles. The van der Waals surface area contributed by atoms with Gasteiger partial charge in [-0.2, -0.15) is 0 Å². The van der Waals surface area contributed by atoms with E-state index < -0.39 is 23.4 Å². The van der Waals surface area contributed by atoms with Crippen LogP contribution < -0.4 is 18.9 Å². The number of rotatable bonds is 12. The molecular formula is C25H28N7O6S-. The van der Waals surface area contributed by atoms with Gasteiger partial charge in [0.1, 0.15) is 34.8 Å². The fraction of sp³-hybridized carbons (Fsp3) is 0.320. The number of aryl methyl sites for hydroxylation is 1. The average Bonchev–Trinajstić information content (AvgIpc) is 3.36. The molecule has 3 heterocycles. The Morgan fingerprint density at radius 3 is 2.23 bits per heavy atom. The minimum absolute atomic E-state index is 0.0297. The van der Waals surface area contributed by atoms with E-state index in [0.717, 1.165) is 5.56 Å². The molecular weight excluding hydrogens is 526 g/mol. The SMILES string of the molecule is COc1cccc(-c2nnc(C[C@H](NS(=O)[O-])[C@H](OC)c3ncc(C)cn3)n2-c2c(OC)cccc2OC)n1. The van der Waals surface area contributed by atoms with Crippen molar-refractivity contribution in [3.05, 3.63) is 66.0 Å². The molecule has 3 atom stereocenters. The Morgan fingerprint density at radius 1 is 0.974 bits per heavy atom. The van der Waals surface area contributed by atoms with Gasteiger partial charge in [-0.25, -0.2) is 19.7 Å². The van der Waals surface area contributed by atoms with Gasteiger partial charge in [-0.1, -0.05) is 12.1 Å². The van der Waals surface area contributed by atoms with Crippen molar-refractivity contribution >= 4 is 11.3 Å². The molecule has 1 N–H and O–H groups in total. The lowest BCUT2D eigenvalue weighted by molar-refractivity contribution is 0.0670. The van der Waals surface area contributed by atoms with E-state index in [0.29, 0.717) is 46.2 Å². The van der Waals surface area contributed by atoms with Crippen LogP contribution in [0.15, 0.2) is 48.8 Å². The van der Waals surface area contributed by atoms with Crippen LogP contribution >= 0.6 is 0 Å². The summed E-state index contributed by atoms with van der Waals surface area (Å²) in [7, 11) is 6.04. The fourth-order valence-electron chi connectivity index (χ4n) is 4.08. The number of hydrogen-bond donors (Lipinski definition) is 1. The number of methoxy groups -OCH3 is 4. The molecule has 3 aromatic heterocycles. The third kappa shape index (κ3) is 6.20. The van der Waals surface area contributed by atoms with Crippen LogP contribution in [0.25, 0.3) is 17.2 Å². The van der Waals surface area contributed by atoms with Crippen LogP contribution in [-0.2, 0) is 22.4 Å². The predicted octanol–water partition coefficient (Wildman–Crippen LogP) is 2.14. The first-order chi connectivity index (χ1) is 18.9. The average molecular weight is 555 g/mol. The molecule has 1 unspecified atom stereocenters. The van der Waals surface area contributed by atoms with Crippen LogP contribution in [0.3, 0.4) is 0 Å². The second-order valence-corrected chi connectivity index (χ2v) is 8.99. The fourth-order valence-corrected chi connectivity index (χ4v) is 4.54. The van der Waals surface area contributed by atoms with Gasteiger partial charge in [-0.05, 0) is 30.7 Å². The Morgan fingerprint density at radius 2 is 1.64 bits per heavy atom. The van der Waals surface area contributed by atoms with Crippen molar-refractivity contribution in [2.75, 3.05) is 28.4 Å². The van der Waals surface area contributed by atoms with Crippen molar-refractivity contribution in [2.24, 2.45) is 0 Å². The summed E-state index contributed by atoms with van der Waals surface area (Å²) >= 11 is -2.64. The zero-order valence-electron chi connectivity index (χ0n) is 22.0. The number of nitrogens with zero attached hydrogens (tertiary/aromatic N) is 6. The molecule has 0 amide bonds. The Hall–Kier alpha value is -3.98. The number of para-hydroxylation sites is 1. The van der Waals surface area contributed by atoms with E-state index >= 15 is 0 Å². The highest BCUT2D eigenvalue weighted by Gasteiger charge is 2.31. The van der Waals surface area contributed by atoms with Gasteiger partial charge in [-0.3, -0.25) is 8.78 Å². The Labute approximate surface area is 228 Å². The monoisotopic (exact) mass is 554 g/mol. The maximum atomic E-state index is 11.8. The summed E-state index contributed by atoms with van der Waals surface area (Å²) in [6, 6.07) is 9.72. The Bertz CT molecular complexity index is 1410. The van der Waals surface area contributed by atoms with Gasteiger partial charge in [0, 0.05) is 43.3 Å². The Balaban J connectivity index is 1.90. The highest BCUT2D eigenvalue weighted by molar-refractivity contribution is 7.77. The maximum absolute atomic E-state index is 11.8. The summed E-state index contributed by atoms with van der Waals surface area (Å²) in [5, 5.41) is 8.85. The smallest absolute Gasteiger partial charge is 0.213 e. The number of pyridine rings is 1. The van der Waals surface area contributed by atoms with E-state index in [1.165, 1.54) is 28.4 Å². The molecule has 13 nitrogen and oxygen atoms in total. The minimum Gasteiger partial charge on any atom is -0.760 e. The molecule has 0 bridgehead atoms. The highest BCUT2D eigenvalue weighted by Crippen LogP contribution is 2.37. The largest absolute Gasteiger partial charge is 0.760 e. The molecule has 206 valence electrons. The third-order valence-electron chi connectivity index (χ3n) is 5.84. The van der Waals surface area contributed by atoms with Crippen molar-refractivity contribution in [1.29, 1.82) is 0 Å². The van der Waals surface area contributed by atoms with Crippen molar-refractivity contribution in [1.82, 2.24) is 34.4 Å². The van der Waals surface area contributed by atoms with E-state index in [4.69, 9.17) is 18.9 Å². The van der Waals surface area contributed by atoms with Crippen LogP contribution in [0.2, 0.25) is 0 Å². The van der Waals surface area contributed by atoms with Gasteiger partial charge in [0.05, 0.1) is 27.4 Å². The quantitative estimate of drug-likeness (QED) is 0.256. The van der Waals surface area contributed by atoms with Crippen molar-refractivity contribution < 1.29 is 27.7 Å². The molecule has 0 radical (unpaired) electrons. The highest BCUT2D eigenvalue weighted by atomic mass is 32.2. The Kier molecular flexibility index (Phi) is 9.14. The number of benzene rings is 1. The number of nitrogens with one attached hydrogen (secondary N) is 1. The third-order valence-corrected chi connectivity index (χ3v) is 6.34. The lowest BCUT2D eigenvalue weighted by Crippen LogP contribution is -2.40. The first kappa shape index (κ1) is 28.0. The maximum Gasteiger partial charge on any atom is 0.213 e. The van der Waals surface area contributed by atoms with Crippen LogP contribution in [0.1, 0.15) is 23.3 Å². The van der Waals surface area contributed by atoms with Crippen LogP contribution in [0, 0.1) is 6.92 Å². The van der Waals surface area contributed by atoms with Gasteiger partial charge in [0.25, 0.3) is 0 Å². The summed E-state index contributed by atoms with van der Waals surface area (Å²) in [4.78, 5) is 13.2. The summed E-state index contributed by atoms with van der Waals surface area (Å²) in [6.07, 6.45) is 2.46. The van der Waals surface area contributed by atoms with Gasteiger partial charge in [-0.15, -0.1) is 10.2 Å². The standard InChI is InChI=1S/C25H29N7O6S/c1-15-13-26-24(27-14-15)23(38-5)17(31-39(33)34)12-20-29-30-25(16-8-6-11-21(28-16)37-4)32(20)22-18(35-2)9-7-10-19(22)36-3/h6-11,13-14,17,23,31H,12H2,1-5H3,(H,33,34)/p-1/t17-,23-/m0/s1. The van der Waals surface area contributed by atoms with Crippen LogP contribution in [0.5, 0.6) is 17.4 Å². The topological polar surface area (TPSA) is 158 Å². The van der Waals surface area contributed by atoms with Crippen molar-refractivity contribution in [3.8, 4) is 34.6 Å². The van der Waals surface area contributed by atoms with E-state index in [-0.39, 0.29) is 6.42 Å². The van der Waals surface area contributed by atoms with Gasteiger partial charge >= 0.3 is 0 Å². The minimum atomic E-state index is -2.64. The molecule has 14 heteroatoms. The van der Waals surface area contributed by atoms with E-state index in [2.05, 4.69) is 29.9 Å². The molecule has 0 saturated heterocycles.